The molecule has 2 aliphatic rings. The van der Waals surface area contributed by atoms with Gasteiger partial charge in [-0.3, -0.25) is 19.1 Å². The van der Waals surface area contributed by atoms with Crippen molar-refractivity contribution in [2.75, 3.05) is 0 Å². The van der Waals surface area contributed by atoms with Crippen molar-refractivity contribution in [3.8, 4) is 11.3 Å². The van der Waals surface area contributed by atoms with Gasteiger partial charge in [-0.2, -0.15) is 10.2 Å². The van der Waals surface area contributed by atoms with Crippen LogP contribution in [0.15, 0.2) is 18.5 Å². The Balaban J connectivity index is 1.70. The maximum Gasteiger partial charge on any atom is 0.223 e. The van der Waals surface area contributed by atoms with Gasteiger partial charge in [0.15, 0.2) is 0 Å². The number of allylic oxidation sites excluding steroid dienone is 1. The first-order valence-corrected chi connectivity index (χ1v) is 11.3. The van der Waals surface area contributed by atoms with Crippen molar-refractivity contribution >= 4 is 11.5 Å². The van der Waals surface area contributed by atoms with E-state index in [1.165, 1.54) is 0 Å². The van der Waals surface area contributed by atoms with Crippen LogP contribution in [0, 0.1) is 13.8 Å². The molecule has 0 spiro atoms. The highest BCUT2D eigenvalue weighted by molar-refractivity contribution is 5.84. The van der Waals surface area contributed by atoms with Crippen molar-refractivity contribution in [2.45, 2.75) is 66.1 Å². The Morgan fingerprint density at radius 3 is 2.72 bits per heavy atom. The summed E-state index contributed by atoms with van der Waals surface area (Å²) in [4.78, 5) is 24.9. The first kappa shape index (κ1) is 20.6. The van der Waals surface area contributed by atoms with Gasteiger partial charge in [-0.25, -0.2) is 4.98 Å². The van der Waals surface area contributed by atoms with E-state index in [4.69, 9.17) is 20.2 Å². The van der Waals surface area contributed by atoms with Gasteiger partial charge in [-0.1, -0.05) is 6.08 Å². The Bertz CT molecular complexity index is 1250. The Morgan fingerprint density at radius 1 is 1.12 bits per heavy atom. The number of carbonyl (C=O) groups is 1. The molecule has 8 nitrogen and oxygen atoms in total. The van der Waals surface area contributed by atoms with E-state index in [9.17, 15) is 4.79 Å². The van der Waals surface area contributed by atoms with E-state index in [0.717, 1.165) is 63.7 Å². The van der Waals surface area contributed by atoms with Crippen LogP contribution in [0.5, 0.6) is 0 Å². The standard InChI is InChI=1S/C24H29N7O/c1-14(2)31-13-21-23(16(4)29(5)28-21)20-11-25-19-9-8-17(24(19)26-20)18-12-30(27-15(18)3)10-6-7-22(31)32/h8,11-12,14H,6-7,9-10,13H2,1-5H3. The molecule has 8 heteroatoms. The van der Waals surface area contributed by atoms with Gasteiger partial charge in [0.25, 0.3) is 0 Å². The van der Waals surface area contributed by atoms with E-state index in [1.54, 1.807) is 0 Å². The smallest absolute Gasteiger partial charge is 0.223 e. The Labute approximate surface area is 188 Å². The highest BCUT2D eigenvalue weighted by Gasteiger charge is 2.27. The summed E-state index contributed by atoms with van der Waals surface area (Å²) >= 11 is 0. The molecular formula is C24H29N7O. The molecule has 0 saturated carbocycles. The number of aryl methyl sites for hydroxylation is 3. The first-order chi connectivity index (χ1) is 15.3. The minimum Gasteiger partial charge on any atom is -0.334 e. The summed E-state index contributed by atoms with van der Waals surface area (Å²) in [6.45, 7) is 9.34. The number of nitrogens with zero attached hydrogens (tertiary/aromatic N) is 7. The lowest BCUT2D eigenvalue weighted by Gasteiger charge is -2.26. The number of hydrogen-bond donors (Lipinski definition) is 0. The summed E-state index contributed by atoms with van der Waals surface area (Å²) in [6, 6.07) is 0.0764. The summed E-state index contributed by atoms with van der Waals surface area (Å²) in [6.07, 6.45) is 8.12. The average molecular weight is 432 g/mol. The van der Waals surface area contributed by atoms with Crippen LogP contribution in [-0.2, 0) is 31.4 Å². The normalized spacial score (nSPS) is 16.1. The van der Waals surface area contributed by atoms with Crippen LogP contribution in [-0.4, -0.2) is 46.4 Å². The molecule has 1 amide bonds. The molecule has 0 saturated heterocycles. The van der Waals surface area contributed by atoms with E-state index >= 15 is 0 Å². The van der Waals surface area contributed by atoms with Crippen LogP contribution in [0.2, 0.25) is 0 Å². The third kappa shape index (κ3) is 3.34. The lowest BCUT2D eigenvalue weighted by molar-refractivity contribution is -0.133. The molecule has 4 bridgehead atoms. The predicted molar refractivity (Wildman–Crippen MR) is 122 cm³/mol. The molecule has 3 aromatic heterocycles. The number of hydrogen-bond acceptors (Lipinski definition) is 5. The number of carbonyl (C=O) groups excluding carboxylic acids is 1. The maximum absolute atomic E-state index is 13.1. The molecule has 166 valence electrons. The van der Waals surface area contributed by atoms with Crippen LogP contribution >= 0.6 is 0 Å². The molecule has 3 aromatic rings. The fourth-order valence-electron chi connectivity index (χ4n) is 4.71. The molecule has 1 aliphatic carbocycles. The fourth-order valence-corrected chi connectivity index (χ4v) is 4.71. The molecule has 1 aliphatic heterocycles. The fraction of sp³-hybridized carbons (Fsp3) is 0.458. The minimum atomic E-state index is 0.0764. The van der Waals surface area contributed by atoms with Crippen LogP contribution in [0.3, 0.4) is 0 Å². The van der Waals surface area contributed by atoms with E-state index in [1.807, 2.05) is 41.4 Å². The van der Waals surface area contributed by atoms with Gasteiger partial charge in [-0.05, 0) is 34.1 Å². The molecule has 0 unspecified atom stereocenters. The lowest BCUT2D eigenvalue weighted by Crippen LogP contribution is -2.36. The third-order valence-electron chi connectivity index (χ3n) is 6.54. The molecule has 0 radical (unpaired) electrons. The molecule has 0 N–H and O–H groups in total. The second-order valence-electron chi connectivity index (χ2n) is 9.01. The van der Waals surface area contributed by atoms with E-state index in [0.29, 0.717) is 19.5 Å². The van der Waals surface area contributed by atoms with E-state index in [2.05, 4.69) is 26.1 Å². The van der Waals surface area contributed by atoms with E-state index in [-0.39, 0.29) is 11.9 Å². The molecule has 0 aromatic carbocycles. The number of rotatable bonds is 1. The Hall–Kier alpha value is -3.29. The zero-order valence-corrected chi connectivity index (χ0v) is 19.4. The van der Waals surface area contributed by atoms with Gasteiger partial charge in [0, 0.05) is 61.1 Å². The van der Waals surface area contributed by atoms with Gasteiger partial charge in [0.05, 0.1) is 41.2 Å². The highest BCUT2D eigenvalue weighted by atomic mass is 16.2. The Morgan fingerprint density at radius 2 is 1.94 bits per heavy atom. The molecule has 0 fully saturated rings. The van der Waals surface area contributed by atoms with Gasteiger partial charge >= 0.3 is 0 Å². The highest BCUT2D eigenvalue weighted by Crippen LogP contribution is 2.35. The molecule has 5 rings (SSSR count). The zero-order chi connectivity index (χ0) is 22.6. The molecule has 4 heterocycles. The van der Waals surface area contributed by atoms with Gasteiger partial charge < -0.3 is 4.90 Å². The minimum absolute atomic E-state index is 0.0764. The largest absolute Gasteiger partial charge is 0.334 e. The summed E-state index contributed by atoms with van der Waals surface area (Å²) in [5, 5.41) is 9.47. The van der Waals surface area contributed by atoms with Crippen LogP contribution in [0.1, 0.15) is 60.7 Å². The summed E-state index contributed by atoms with van der Waals surface area (Å²) in [5.41, 5.74) is 8.71. The second-order valence-corrected chi connectivity index (χ2v) is 9.01. The topological polar surface area (TPSA) is 81.7 Å². The van der Waals surface area contributed by atoms with Crippen molar-refractivity contribution in [1.29, 1.82) is 0 Å². The van der Waals surface area contributed by atoms with Gasteiger partial charge in [0.2, 0.25) is 5.91 Å². The predicted octanol–water partition coefficient (Wildman–Crippen LogP) is 3.21. The van der Waals surface area contributed by atoms with E-state index < -0.39 is 0 Å². The Kier molecular flexibility index (Phi) is 4.95. The van der Waals surface area contributed by atoms with Crippen molar-refractivity contribution in [3.05, 3.63) is 52.5 Å². The van der Waals surface area contributed by atoms with Crippen molar-refractivity contribution in [1.82, 2.24) is 34.4 Å². The molecule has 0 atom stereocenters. The average Bonchev–Trinajstić information content (AvgIpc) is 3.40. The van der Waals surface area contributed by atoms with Crippen molar-refractivity contribution in [2.24, 2.45) is 7.05 Å². The number of amides is 1. The van der Waals surface area contributed by atoms with Gasteiger partial charge in [-0.15, -0.1) is 0 Å². The maximum atomic E-state index is 13.1. The number of fused-ring (bicyclic) bond motifs is 6. The van der Waals surface area contributed by atoms with Crippen LogP contribution in [0.4, 0.5) is 0 Å². The van der Waals surface area contributed by atoms with Crippen LogP contribution < -0.4 is 0 Å². The van der Waals surface area contributed by atoms with Gasteiger partial charge in [0.1, 0.15) is 0 Å². The quantitative estimate of drug-likeness (QED) is 0.591. The zero-order valence-electron chi connectivity index (χ0n) is 19.4. The molecule has 32 heavy (non-hydrogen) atoms. The summed E-state index contributed by atoms with van der Waals surface area (Å²) in [5.74, 6) is 0.136. The summed E-state index contributed by atoms with van der Waals surface area (Å²) in [7, 11) is 1.94. The third-order valence-corrected chi connectivity index (χ3v) is 6.54. The van der Waals surface area contributed by atoms with Crippen molar-refractivity contribution < 1.29 is 4.79 Å². The van der Waals surface area contributed by atoms with Crippen molar-refractivity contribution in [3.63, 3.8) is 0 Å². The second kappa shape index (κ2) is 7.69. The lowest BCUT2D eigenvalue weighted by atomic mass is 10.0. The summed E-state index contributed by atoms with van der Waals surface area (Å²) < 4.78 is 3.82. The monoisotopic (exact) mass is 431 g/mol. The van der Waals surface area contributed by atoms with Crippen LogP contribution in [0.25, 0.3) is 16.8 Å². The SMILES string of the molecule is Cc1nn2cc1C1=CCc3ncc(nc31)-c1c(nn(C)c1C)CN(C(C)C)C(=O)CCC2. The first-order valence-electron chi connectivity index (χ1n) is 11.3. The molecular weight excluding hydrogens is 402 g/mol. The number of aromatic nitrogens is 6.